The Morgan fingerprint density at radius 2 is 1.82 bits per heavy atom. The molecule has 2 unspecified atom stereocenters. The summed E-state index contributed by atoms with van der Waals surface area (Å²) in [5, 5.41) is 3.27. The minimum absolute atomic E-state index is 0.0432. The minimum atomic E-state index is -0.0825. The lowest BCUT2D eigenvalue weighted by molar-refractivity contribution is -0.126. The van der Waals surface area contributed by atoms with Crippen molar-refractivity contribution in [1.82, 2.24) is 15.1 Å². The smallest absolute Gasteiger partial charge is 0.237 e. The van der Waals surface area contributed by atoms with Crippen LogP contribution in [0, 0.1) is 0 Å². The SMILES string of the molecule is COc1ccc(C(CNC(=O)C2CCCN2Cc2ccccc2)N2CCOCC2)cc1OC. The number of benzene rings is 2. The standard InChI is InChI=1S/C26H35N3O4/c1-31-24-11-10-21(17-25(24)32-2)23(28-13-15-33-16-14-28)18-27-26(30)22-9-6-12-29(22)19-20-7-4-3-5-8-20/h3-5,7-8,10-11,17,22-23H,6,9,12-16,18-19H2,1-2H3,(H,27,30). The molecule has 4 rings (SSSR count). The van der Waals surface area contributed by atoms with Gasteiger partial charge in [0.1, 0.15) is 0 Å². The summed E-state index contributed by atoms with van der Waals surface area (Å²) in [6.07, 6.45) is 1.95. The number of amides is 1. The average molecular weight is 454 g/mol. The van der Waals surface area contributed by atoms with Gasteiger partial charge in [-0.2, -0.15) is 0 Å². The highest BCUT2D eigenvalue weighted by atomic mass is 16.5. The summed E-state index contributed by atoms with van der Waals surface area (Å²) in [6.45, 7) is 5.37. The van der Waals surface area contributed by atoms with Crippen molar-refractivity contribution in [2.45, 2.75) is 31.5 Å². The van der Waals surface area contributed by atoms with E-state index in [0.29, 0.717) is 31.3 Å². The number of rotatable bonds is 9. The van der Waals surface area contributed by atoms with E-state index in [9.17, 15) is 4.79 Å². The summed E-state index contributed by atoms with van der Waals surface area (Å²) in [6, 6.07) is 16.3. The molecule has 2 atom stereocenters. The maximum Gasteiger partial charge on any atom is 0.237 e. The van der Waals surface area contributed by atoms with Crippen molar-refractivity contribution in [1.29, 1.82) is 0 Å². The highest BCUT2D eigenvalue weighted by Gasteiger charge is 2.32. The molecule has 2 aliphatic heterocycles. The van der Waals surface area contributed by atoms with Crippen LogP contribution >= 0.6 is 0 Å². The predicted octanol–water partition coefficient (Wildman–Crippen LogP) is 2.86. The van der Waals surface area contributed by atoms with Crippen molar-refractivity contribution in [2.75, 3.05) is 53.6 Å². The summed E-state index contributed by atoms with van der Waals surface area (Å²) >= 11 is 0. The summed E-state index contributed by atoms with van der Waals surface area (Å²) in [5.41, 5.74) is 2.34. The first kappa shape index (κ1) is 23.5. The number of nitrogens with one attached hydrogen (secondary N) is 1. The lowest BCUT2D eigenvalue weighted by Crippen LogP contribution is -2.47. The van der Waals surface area contributed by atoms with E-state index >= 15 is 0 Å². The van der Waals surface area contributed by atoms with Crippen molar-refractivity contribution in [3.05, 3.63) is 59.7 Å². The Hall–Kier alpha value is -2.61. The van der Waals surface area contributed by atoms with E-state index in [4.69, 9.17) is 14.2 Å². The molecule has 2 aromatic rings. The van der Waals surface area contributed by atoms with Gasteiger partial charge in [0.2, 0.25) is 5.91 Å². The van der Waals surface area contributed by atoms with Crippen LogP contribution in [0.15, 0.2) is 48.5 Å². The lowest BCUT2D eigenvalue weighted by atomic mass is 10.0. The first-order valence-electron chi connectivity index (χ1n) is 11.8. The Morgan fingerprint density at radius 1 is 1.06 bits per heavy atom. The lowest BCUT2D eigenvalue weighted by Gasteiger charge is -2.35. The summed E-state index contributed by atoms with van der Waals surface area (Å²) in [7, 11) is 3.29. The van der Waals surface area contributed by atoms with Crippen LogP contribution in [0.4, 0.5) is 0 Å². The third-order valence-electron chi connectivity index (χ3n) is 6.64. The third-order valence-corrected chi connectivity index (χ3v) is 6.64. The maximum atomic E-state index is 13.2. The number of methoxy groups -OCH3 is 2. The van der Waals surface area contributed by atoms with Crippen molar-refractivity contribution < 1.29 is 19.0 Å². The Balaban J connectivity index is 1.45. The number of hydrogen-bond donors (Lipinski definition) is 1. The molecule has 2 aliphatic rings. The number of morpholine rings is 1. The van der Waals surface area contributed by atoms with E-state index in [1.54, 1.807) is 14.2 Å². The molecule has 0 aromatic heterocycles. The Labute approximate surface area is 196 Å². The van der Waals surface area contributed by atoms with E-state index in [1.807, 2.05) is 18.2 Å². The van der Waals surface area contributed by atoms with Crippen LogP contribution in [0.5, 0.6) is 11.5 Å². The van der Waals surface area contributed by atoms with Crippen molar-refractivity contribution in [3.8, 4) is 11.5 Å². The van der Waals surface area contributed by atoms with Crippen LogP contribution in [0.25, 0.3) is 0 Å². The number of carbonyl (C=O) groups is 1. The molecule has 2 saturated heterocycles. The van der Waals surface area contributed by atoms with Crippen molar-refractivity contribution in [3.63, 3.8) is 0 Å². The monoisotopic (exact) mass is 453 g/mol. The zero-order chi connectivity index (χ0) is 23.0. The van der Waals surface area contributed by atoms with Crippen LogP contribution < -0.4 is 14.8 Å². The van der Waals surface area contributed by atoms with Gasteiger partial charge in [-0.3, -0.25) is 14.6 Å². The molecule has 33 heavy (non-hydrogen) atoms. The molecule has 1 amide bonds. The molecular weight excluding hydrogens is 418 g/mol. The Bertz CT molecular complexity index is 902. The fourth-order valence-corrected chi connectivity index (χ4v) is 4.85. The molecule has 0 spiro atoms. The van der Waals surface area contributed by atoms with E-state index in [1.165, 1.54) is 5.56 Å². The molecule has 1 N–H and O–H groups in total. The molecule has 2 aromatic carbocycles. The molecule has 2 heterocycles. The first-order chi connectivity index (χ1) is 16.2. The zero-order valence-electron chi connectivity index (χ0n) is 19.7. The van der Waals surface area contributed by atoms with Gasteiger partial charge in [0.25, 0.3) is 0 Å². The van der Waals surface area contributed by atoms with Crippen LogP contribution in [0.2, 0.25) is 0 Å². The number of carbonyl (C=O) groups excluding carboxylic acids is 1. The molecule has 2 fully saturated rings. The molecule has 0 bridgehead atoms. The van der Waals surface area contributed by atoms with Gasteiger partial charge in [-0.1, -0.05) is 36.4 Å². The average Bonchev–Trinajstić information content (AvgIpc) is 3.33. The zero-order valence-corrected chi connectivity index (χ0v) is 19.7. The molecule has 0 aliphatic carbocycles. The van der Waals surface area contributed by atoms with Gasteiger partial charge in [-0.15, -0.1) is 0 Å². The van der Waals surface area contributed by atoms with Crippen LogP contribution in [-0.4, -0.2) is 75.4 Å². The molecule has 7 nitrogen and oxygen atoms in total. The van der Waals surface area contributed by atoms with Gasteiger partial charge in [0.15, 0.2) is 11.5 Å². The summed E-state index contributed by atoms with van der Waals surface area (Å²) in [5.74, 6) is 1.51. The minimum Gasteiger partial charge on any atom is -0.493 e. The predicted molar refractivity (Wildman–Crippen MR) is 128 cm³/mol. The normalized spacial score (nSPS) is 20.4. The quantitative estimate of drug-likeness (QED) is 0.630. The van der Waals surface area contributed by atoms with Gasteiger partial charge in [-0.25, -0.2) is 0 Å². The van der Waals surface area contributed by atoms with Crippen LogP contribution in [0.3, 0.4) is 0 Å². The Morgan fingerprint density at radius 3 is 2.55 bits per heavy atom. The van der Waals surface area contributed by atoms with Gasteiger partial charge in [0, 0.05) is 26.2 Å². The second kappa shape index (κ2) is 11.5. The Kier molecular flexibility index (Phi) is 8.20. The summed E-state index contributed by atoms with van der Waals surface area (Å²) < 4.78 is 16.5. The second-order valence-electron chi connectivity index (χ2n) is 8.64. The second-order valence-corrected chi connectivity index (χ2v) is 8.64. The fourth-order valence-electron chi connectivity index (χ4n) is 4.85. The van der Waals surface area contributed by atoms with Crippen LogP contribution in [-0.2, 0) is 16.1 Å². The molecular formula is C26H35N3O4. The number of likely N-dealkylation sites (tertiary alicyclic amines) is 1. The van der Waals surface area contributed by atoms with E-state index in [-0.39, 0.29) is 18.0 Å². The number of nitrogens with zero attached hydrogens (tertiary/aromatic N) is 2. The topological polar surface area (TPSA) is 63.3 Å². The molecule has 0 radical (unpaired) electrons. The van der Waals surface area contributed by atoms with E-state index < -0.39 is 0 Å². The van der Waals surface area contributed by atoms with Gasteiger partial charge in [0.05, 0.1) is 39.5 Å². The highest BCUT2D eigenvalue weighted by Crippen LogP contribution is 2.32. The third kappa shape index (κ3) is 5.85. The molecule has 178 valence electrons. The number of hydrogen-bond acceptors (Lipinski definition) is 6. The van der Waals surface area contributed by atoms with Crippen LogP contribution in [0.1, 0.15) is 30.0 Å². The summed E-state index contributed by atoms with van der Waals surface area (Å²) in [4.78, 5) is 17.9. The van der Waals surface area contributed by atoms with Gasteiger partial charge >= 0.3 is 0 Å². The molecule has 0 saturated carbocycles. The maximum absolute atomic E-state index is 13.2. The first-order valence-corrected chi connectivity index (χ1v) is 11.8. The van der Waals surface area contributed by atoms with Gasteiger partial charge < -0.3 is 19.5 Å². The van der Waals surface area contributed by atoms with Crippen molar-refractivity contribution in [2.24, 2.45) is 0 Å². The number of ether oxygens (including phenoxy) is 3. The van der Waals surface area contributed by atoms with E-state index in [0.717, 1.165) is 44.6 Å². The van der Waals surface area contributed by atoms with Crippen molar-refractivity contribution >= 4 is 5.91 Å². The fraction of sp³-hybridized carbons (Fsp3) is 0.500. The highest BCUT2D eigenvalue weighted by molar-refractivity contribution is 5.82. The van der Waals surface area contributed by atoms with Gasteiger partial charge in [-0.05, 0) is 42.6 Å². The van der Waals surface area contributed by atoms with E-state index in [2.05, 4.69) is 45.4 Å². The largest absolute Gasteiger partial charge is 0.493 e. The molecule has 7 heteroatoms.